The molecule has 84 valence electrons. The maximum absolute atomic E-state index is 2.31. The highest BCUT2D eigenvalue weighted by Gasteiger charge is 2.33. The van der Waals surface area contributed by atoms with Crippen LogP contribution in [0.3, 0.4) is 0 Å². The average molecular weight is 230 g/mol. The van der Waals surface area contributed by atoms with Crippen molar-refractivity contribution in [3.8, 4) is 0 Å². The number of rotatable bonds is 0. The molecule has 0 fully saturated rings. The van der Waals surface area contributed by atoms with Crippen molar-refractivity contribution in [3.63, 3.8) is 0 Å². The first-order valence-electron chi connectivity index (χ1n) is 5.72. The van der Waals surface area contributed by atoms with E-state index in [0.29, 0.717) is 0 Å². The molecule has 0 nitrogen and oxygen atoms in total. The normalized spacial score (nSPS) is 23.5. The fraction of sp³-hybridized carbons (Fsp3) is 0.333. The molecule has 0 radical (unpaired) electrons. The van der Waals surface area contributed by atoms with Crippen LogP contribution in [0.25, 0.3) is 0 Å². The Morgan fingerprint density at radius 3 is 2.38 bits per heavy atom. The Kier molecular flexibility index (Phi) is 2.98. The molecule has 0 spiro atoms. The van der Waals surface area contributed by atoms with Crippen molar-refractivity contribution in [2.75, 3.05) is 0 Å². The number of hydrogen-bond donors (Lipinski definition) is 0. The zero-order valence-electron chi connectivity index (χ0n) is 10.4. The van der Waals surface area contributed by atoms with Crippen molar-refractivity contribution in [2.24, 2.45) is 0 Å². The van der Waals surface area contributed by atoms with Gasteiger partial charge in [-0.25, -0.2) is 0 Å². The van der Waals surface area contributed by atoms with E-state index in [9.17, 15) is 0 Å². The van der Waals surface area contributed by atoms with Gasteiger partial charge < -0.3 is 0 Å². The first-order chi connectivity index (χ1) is 7.61. The molecule has 1 aliphatic heterocycles. The van der Waals surface area contributed by atoms with Crippen LogP contribution in [0.4, 0.5) is 0 Å². The Balaban J connectivity index is 2.67. The number of thioether (sulfide) groups is 1. The molecule has 1 aromatic rings. The van der Waals surface area contributed by atoms with Crippen LogP contribution in [0.5, 0.6) is 0 Å². The lowest BCUT2D eigenvalue weighted by molar-refractivity contribution is 0.617. The molecule has 0 aliphatic carbocycles. The lowest BCUT2D eigenvalue weighted by Crippen LogP contribution is -2.25. The molecule has 0 aromatic heterocycles. The van der Waals surface area contributed by atoms with E-state index in [1.54, 1.807) is 0 Å². The third-order valence-electron chi connectivity index (χ3n) is 3.27. The molecule has 16 heavy (non-hydrogen) atoms. The SMILES string of the molecule is CC=C1/C(=C\C)Sc2ccccc2C1(C)C. The topological polar surface area (TPSA) is 0 Å². The van der Waals surface area contributed by atoms with E-state index in [1.165, 1.54) is 20.9 Å². The van der Waals surface area contributed by atoms with Crippen LogP contribution in [-0.4, -0.2) is 0 Å². The summed E-state index contributed by atoms with van der Waals surface area (Å²) < 4.78 is 0. The molecule has 0 amide bonds. The smallest absolute Gasteiger partial charge is 0.0165 e. The highest BCUT2D eigenvalue weighted by molar-refractivity contribution is 8.03. The molecule has 0 saturated carbocycles. The predicted molar refractivity (Wildman–Crippen MR) is 72.8 cm³/mol. The Morgan fingerprint density at radius 2 is 1.75 bits per heavy atom. The number of hydrogen-bond acceptors (Lipinski definition) is 1. The van der Waals surface area contributed by atoms with E-state index in [-0.39, 0.29) is 5.41 Å². The Bertz CT molecular complexity index is 464. The number of benzene rings is 1. The Morgan fingerprint density at radius 1 is 1.06 bits per heavy atom. The summed E-state index contributed by atoms with van der Waals surface area (Å²) in [4.78, 5) is 2.79. The molecule has 0 saturated heterocycles. The van der Waals surface area contributed by atoms with Gasteiger partial charge in [-0.05, 0) is 31.1 Å². The minimum Gasteiger partial charge on any atom is -0.0898 e. The molecule has 0 N–H and O–H groups in total. The van der Waals surface area contributed by atoms with Gasteiger partial charge in [0.05, 0.1) is 0 Å². The highest BCUT2D eigenvalue weighted by atomic mass is 32.2. The van der Waals surface area contributed by atoms with E-state index in [2.05, 4.69) is 64.1 Å². The first kappa shape index (κ1) is 11.5. The molecule has 2 rings (SSSR count). The molecular formula is C15H18S. The first-order valence-corrected chi connectivity index (χ1v) is 6.53. The number of allylic oxidation sites excluding steroid dienone is 3. The van der Waals surface area contributed by atoms with Gasteiger partial charge >= 0.3 is 0 Å². The van der Waals surface area contributed by atoms with Crippen LogP contribution in [-0.2, 0) is 5.41 Å². The maximum Gasteiger partial charge on any atom is 0.0165 e. The third-order valence-corrected chi connectivity index (χ3v) is 4.52. The van der Waals surface area contributed by atoms with Crippen LogP contribution < -0.4 is 0 Å². The summed E-state index contributed by atoms with van der Waals surface area (Å²) >= 11 is 1.88. The van der Waals surface area contributed by atoms with Gasteiger partial charge in [-0.1, -0.05) is 56.0 Å². The van der Waals surface area contributed by atoms with Crippen LogP contribution in [0.1, 0.15) is 33.3 Å². The molecule has 1 aliphatic rings. The fourth-order valence-corrected chi connectivity index (χ4v) is 3.83. The van der Waals surface area contributed by atoms with Crippen molar-refractivity contribution in [1.82, 2.24) is 0 Å². The highest BCUT2D eigenvalue weighted by Crippen LogP contribution is 2.50. The molecule has 1 heteroatoms. The second kappa shape index (κ2) is 4.14. The van der Waals surface area contributed by atoms with Gasteiger partial charge in [-0.2, -0.15) is 0 Å². The number of fused-ring (bicyclic) bond motifs is 1. The van der Waals surface area contributed by atoms with Gasteiger partial charge in [-0.3, -0.25) is 0 Å². The summed E-state index contributed by atoms with van der Waals surface area (Å²) in [6.07, 6.45) is 4.47. The minimum atomic E-state index is 0.123. The quantitative estimate of drug-likeness (QED) is 0.609. The minimum absolute atomic E-state index is 0.123. The van der Waals surface area contributed by atoms with Crippen LogP contribution in [0.15, 0.2) is 51.8 Å². The monoisotopic (exact) mass is 230 g/mol. The lowest BCUT2D eigenvalue weighted by atomic mass is 9.76. The molecule has 1 aromatic carbocycles. The second-order valence-corrected chi connectivity index (χ2v) is 5.66. The van der Waals surface area contributed by atoms with Gasteiger partial charge in [0.25, 0.3) is 0 Å². The maximum atomic E-state index is 2.31. The summed E-state index contributed by atoms with van der Waals surface area (Å²) in [5, 5.41) is 0. The molecule has 0 unspecified atom stereocenters. The second-order valence-electron chi connectivity index (χ2n) is 4.58. The molecule has 0 atom stereocenters. The van der Waals surface area contributed by atoms with E-state index in [1.807, 2.05) is 11.8 Å². The summed E-state index contributed by atoms with van der Waals surface area (Å²) in [5.74, 6) is 0. The van der Waals surface area contributed by atoms with E-state index >= 15 is 0 Å². The van der Waals surface area contributed by atoms with Crippen molar-refractivity contribution < 1.29 is 0 Å². The summed E-state index contributed by atoms with van der Waals surface area (Å²) in [6.45, 7) is 8.87. The van der Waals surface area contributed by atoms with E-state index in [0.717, 1.165) is 0 Å². The van der Waals surface area contributed by atoms with Crippen LogP contribution >= 0.6 is 11.8 Å². The standard InChI is InChI=1S/C15H18S/c1-5-11-13(6-2)16-14-10-8-7-9-12(14)15(11,3)4/h5-10H,1-4H3/b11-5?,13-6+. The predicted octanol–water partition coefficient (Wildman–Crippen LogP) is 4.92. The van der Waals surface area contributed by atoms with Gasteiger partial charge in [0.1, 0.15) is 0 Å². The van der Waals surface area contributed by atoms with Crippen molar-refractivity contribution in [2.45, 2.75) is 38.0 Å². The van der Waals surface area contributed by atoms with Crippen LogP contribution in [0.2, 0.25) is 0 Å². The zero-order chi connectivity index (χ0) is 11.8. The van der Waals surface area contributed by atoms with E-state index < -0.39 is 0 Å². The summed E-state index contributed by atoms with van der Waals surface area (Å²) in [5.41, 5.74) is 3.01. The van der Waals surface area contributed by atoms with Gasteiger partial charge in [-0.15, -0.1) is 0 Å². The van der Waals surface area contributed by atoms with Crippen molar-refractivity contribution in [1.29, 1.82) is 0 Å². The summed E-state index contributed by atoms with van der Waals surface area (Å²) in [6, 6.07) is 8.72. The fourth-order valence-electron chi connectivity index (χ4n) is 2.42. The third kappa shape index (κ3) is 1.63. The van der Waals surface area contributed by atoms with Crippen LogP contribution in [0, 0.1) is 0 Å². The average Bonchev–Trinajstić information content (AvgIpc) is 2.28. The largest absolute Gasteiger partial charge is 0.0898 e. The molecule has 0 bridgehead atoms. The van der Waals surface area contributed by atoms with Gasteiger partial charge in [0, 0.05) is 15.2 Å². The Hall–Kier alpha value is -0.950. The van der Waals surface area contributed by atoms with Gasteiger partial charge in [0.15, 0.2) is 0 Å². The van der Waals surface area contributed by atoms with Gasteiger partial charge in [0.2, 0.25) is 0 Å². The van der Waals surface area contributed by atoms with Crippen molar-refractivity contribution >= 4 is 11.8 Å². The molecular weight excluding hydrogens is 212 g/mol. The van der Waals surface area contributed by atoms with Crippen molar-refractivity contribution in [3.05, 3.63) is 52.5 Å². The molecule has 1 heterocycles. The Labute approximate surface area is 102 Å². The summed E-state index contributed by atoms with van der Waals surface area (Å²) in [7, 11) is 0. The lowest BCUT2D eigenvalue weighted by Gasteiger charge is -2.36. The zero-order valence-corrected chi connectivity index (χ0v) is 11.2. The van der Waals surface area contributed by atoms with E-state index in [4.69, 9.17) is 0 Å².